The number of methoxy groups -OCH3 is 1. The number of rotatable bonds is 7. The monoisotopic (exact) mass is 290 g/mol. The second kappa shape index (κ2) is 8.80. The molecule has 2 rings (SSSR count). The molecule has 1 saturated heterocycles. The summed E-state index contributed by atoms with van der Waals surface area (Å²) in [5.74, 6) is 0.919. The number of benzene rings is 1. The van der Waals surface area contributed by atoms with Gasteiger partial charge in [-0.05, 0) is 30.7 Å². The van der Waals surface area contributed by atoms with Gasteiger partial charge in [0.15, 0.2) is 0 Å². The Labute approximate surface area is 127 Å². The molecule has 0 atom stereocenters. The summed E-state index contributed by atoms with van der Waals surface area (Å²) in [4.78, 5) is 14.0. The van der Waals surface area contributed by atoms with E-state index >= 15 is 0 Å². The first-order chi connectivity index (χ1) is 10.3. The first-order valence-corrected chi connectivity index (χ1v) is 7.81. The molecule has 0 radical (unpaired) electrons. The van der Waals surface area contributed by atoms with Gasteiger partial charge in [-0.1, -0.05) is 30.3 Å². The number of hydrogen-bond acceptors (Lipinski definition) is 3. The lowest BCUT2D eigenvalue weighted by Gasteiger charge is -2.32. The Balaban J connectivity index is 1.67. The Morgan fingerprint density at radius 2 is 2.00 bits per heavy atom. The van der Waals surface area contributed by atoms with E-state index in [0.717, 1.165) is 38.9 Å². The maximum absolute atomic E-state index is 12.0. The fourth-order valence-corrected chi connectivity index (χ4v) is 2.82. The Hall–Kier alpha value is -1.39. The van der Waals surface area contributed by atoms with E-state index in [4.69, 9.17) is 4.74 Å². The number of likely N-dealkylation sites (tertiary alicyclic amines) is 1. The van der Waals surface area contributed by atoms with E-state index in [0.29, 0.717) is 19.1 Å². The van der Waals surface area contributed by atoms with Crippen LogP contribution in [0.3, 0.4) is 0 Å². The molecule has 1 aliphatic heterocycles. The average Bonchev–Trinajstić information content (AvgIpc) is 2.53. The van der Waals surface area contributed by atoms with Crippen molar-refractivity contribution in [3.63, 3.8) is 0 Å². The molecule has 0 aromatic heterocycles. The molecule has 1 N–H and O–H groups in total. The zero-order valence-electron chi connectivity index (χ0n) is 12.9. The van der Waals surface area contributed by atoms with Crippen LogP contribution in [-0.2, 0) is 16.0 Å². The number of nitrogens with one attached hydrogen (secondary N) is 1. The number of hydrogen-bond donors (Lipinski definition) is 1. The summed E-state index contributed by atoms with van der Waals surface area (Å²) in [6.07, 6.45) is 3.35. The van der Waals surface area contributed by atoms with Crippen molar-refractivity contribution in [2.75, 3.05) is 39.9 Å². The minimum Gasteiger partial charge on any atom is -0.383 e. The van der Waals surface area contributed by atoms with Gasteiger partial charge in [0, 0.05) is 26.7 Å². The lowest BCUT2D eigenvalue weighted by atomic mass is 9.90. The van der Waals surface area contributed by atoms with Gasteiger partial charge in [0.2, 0.25) is 5.91 Å². The van der Waals surface area contributed by atoms with Crippen LogP contribution in [-0.4, -0.2) is 50.7 Å². The molecule has 21 heavy (non-hydrogen) atoms. The van der Waals surface area contributed by atoms with E-state index in [1.165, 1.54) is 5.56 Å². The van der Waals surface area contributed by atoms with Crippen molar-refractivity contribution in [1.82, 2.24) is 10.2 Å². The normalized spacial score (nSPS) is 16.1. The minimum atomic E-state index is 0.212. The number of amides is 1. The summed E-state index contributed by atoms with van der Waals surface area (Å²) in [5.41, 5.74) is 1.41. The van der Waals surface area contributed by atoms with Crippen LogP contribution < -0.4 is 5.32 Å². The van der Waals surface area contributed by atoms with E-state index in [2.05, 4.69) is 35.6 Å². The zero-order valence-corrected chi connectivity index (χ0v) is 12.9. The third kappa shape index (κ3) is 5.48. The van der Waals surface area contributed by atoms with Crippen LogP contribution in [0.2, 0.25) is 0 Å². The van der Waals surface area contributed by atoms with Gasteiger partial charge >= 0.3 is 0 Å². The molecule has 0 unspecified atom stereocenters. The highest BCUT2D eigenvalue weighted by molar-refractivity contribution is 5.78. The zero-order chi connectivity index (χ0) is 14.9. The number of carbonyl (C=O) groups excluding carboxylic acids is 1. The van der Waals surface area contributed by atoms with Crippen LogP contribution in [0, 0.1) is 5.92 Å². The van der Waals surface area contributed by atoms with Crippen LogP contribution in [0.15, 0.2) is 30.3 Å². The van der Waals surface area contributed by atoms with Gasteiger partial charge in [0.1, 0.15) is 0 Å². The molecule has 1 amide bonds. The first kappa shape index (κ1) is 16.0. The van der Waals surface area contributed by atoms with Crippen LogP contribution >= 0.6 is 0 Å². The quantitative estimate of drug-likeness (QED) is 0.777. The van der Waals surface area contributed by atoms with E-state index in [1.54, 1.807) is 7.11 Å². The van der Waals surface area contributed by atoms with Crippen molar-refractivity contribution in [1.29, 1.82) is 0 Å². The molecular formula is C17H26N2O2. The molecule has 1 aromatic carbocycles. The minimum absolute atomic E-state index is 0.212. The molecule has 0 spiro atoms. The topological polar surface area (TPSA) is 41.6 Å². The summed E-state index contributed by atoms with van der Waals surface area (Å²) >= 11 is 0. The molecule has 1 aliphatic rings. The van der Waals surface area contributed by atoms with Gasteiger partial charge in [-0.15, -0.1) is 0 Å². The third-order valence-corrected chi connectivity index (χ3v) is 4.09. The molecule has 1 fully saturated rings. The summed E-state index contributed by atoms with van der Waals surface area (Å²) < 4.78 is 4.95. The highest BCUT2D eigenvalue weighted by Gasteiger charge is 2.22. The first-order valence-electron chi connectivity index (χ1n) is 7.81. The Bertz CT molecular complexity index is 414. The second-order valence-corrected chi connectivity index (χ2v) is 5.68. The lowest BCUT2D eigenvalue weighted by Crippen LogP contribution is -2.43. The Morgan fingerprint density at radius 1 is 1.29 bits per heavy atom. The molecule has 1 heterocycles. The number of nitrogens with zero attached hydrogens (tertiary/aromatic N) is 1. The fraction of sp³-hybridized carbons (Fsp3) is 0.588. The van der Waals surface area contributed by atoms with E-state index in [-0.39, 0.29) is 5.91 Å². The molecule has 4 nitrogen and oxygen atoms in total. The third-order valence-electron chi connectivity index (χ3n) is 4.09. The highest BCUT2D eigenvalue weighted by Crippen LogP contribution is 2.21. The van der Waals surface area contributed by atoms with Crippen molar-refractivity contribution in [2.45, 2.75) is 19.3 Å². The van der Waals surface area contributed by atoms with Gasteiger partial charge < -0.3 is 15.0 Å². The van der Waals surface area contributed by atoms with E-state index in [9.17, 15) is 4.79 Å². The predicted molar refractivity (Wildman–Crippen MR) is 84.2 cm³/mol. The predicted octanol–water partition coefficient (Wildman–Crippen LogP) is 1.70. The van der Waals surface area contributed by atoms with Crippen molar-refractivity contribution < 1.29 is 9.53 Å². The summed E-state index contributed by atoms with van der Waals surface area (Å²) in [7, 11) is 1.67. The summed E-state index contributed by atoms with van der Waals surface area (Å²) in [5, 5.41) is 3.12. The molecule has 0 aliphatic carbocycles. The smallest absolute Gasteiger partial charge is 0.236 e. The number of carbonyl (C=O) groups is 1. The van der Waals surface area contributed by atoms with Crippen molar-refractivity contribution >= 4 is 5.91 Å². The average molecular weight is 290 g/mol. The fourth-order valence-electron chi connectivity index (χ4n) is 2.82. The Morgan fingerprint density at radius 3 is 2.67 bits per heavy atom. The Kier molecular flexibility index (Phi) is 6.70. The van der Waals surface area contributed by atoms with Crippen LogP contribution in [0.25, 0.3) is 0 Å². The molecule has 116 valence electrons. The lowest BCUT2D eigenvalue weighted by molar-refractivity contribution is -0.131. The van der Waals surface area contributed by atoms with Crippen molar-refractivity contribution in [2.24, 2.45) is 5.92 Å². The van der Waals surface area contributed by atoms with E-state index in [1.807, 2.05) is 4.90 Å². The maximum atomic E-state index is 12.0. The molecule has 1 aromatic rings. The van der Waals surface area contributed by atoms with E-state index < -0.39 is 0 Å². The van der Waals surface area contributed by atoms with Crippen LogP contribution in [0.5, 0.6) is 0 Å². The molecule has 4 heteroatoms. The van der Waals surface area contributed by atoms with Crippen LogP contribution in [0.4, 0.5) is 0 Å². The largest absolute Gasteiger partial charge is 0.383 e. The standard InChI is InChI=1S/C17H26N2O2/c1-21-12-9-18-14-17(20)19-10-7-16(8-11-19)13-15-5-3-2-4-6-15/h2-6,16,18H,7-14H2,1H3. The second-order valence-electron chi connectivity index (χ2n) is 5.68. The molecule has 0 bridgehead atoms. The molecule has 0 saturated carbocycles. The SMILES string of the molecule is COCCNCC(=O)N1CCC(Cc2ccccc2)CC1. The van der Waals surface area contributed by atoms with Gasteiger partial charge in [0.25, 0.3) is 0 Å². The van der Waals surface area contributed by atoms with Gasteiger partial charge in [-0.3, -0.25) is 4.79 Å². The van der Waals surface area contributed by atoms with Crippen molar-refractivity contribution in [3.05, 3.63) is 35.9 Å². The maximum Gasteiger partial charge on any atom is 0.236 e. The van der Waals surface area contributed by atoms with Gasteiger partial charge in [-0.25, -0.2) is 0 Å². The number of ether oxygens (including phenoxy) is 1. The van der Waals surface area contributed by atoms with Crippen LogP contribution in [0.1, 0.15) is 18.4 Å². The summed E-state index contributed by atoms with van der Waals surface area (Å²) in [6.45, 7) is 3.58. The highest BCUT2D eigenvalue weighted by atomic mass is 16.5. The summed E-state index contributed by atoms with van der Waals surface area (Å²) in [6, 6.07) is 10.6. The van der Waals surface area contributed by atoms with Gasteiger partial charge in [-0.2, -0.15) is 0 Å². The van der Waals surface area contributed by atoms with Gasteiger partial charge in [0.05, 0.1) is 13.2 Å². The number of piperidine rings is 1. The molecular weight excluding hydrogens is 264 g/mol. The van der Waals surface area contributed by atoms with Crippen molar-refractivity contribution in [3.8, 4) is 0 Å².